The predicted octanol–water partition coefficient (Wildman–Crippen LogP) is 4.17. The second-order valence-electron chi connectivity index (χ2n) is 6.25. The summed E-state index contributed by atoms with van der Waals surface area (Å²) in [7, 11) is -3.75. The van der Waals surface area contributed by atoms with E-state index in [-0.39, 0.29) is 4.90 Å². The minimum absolute atomic E-state index is 0.216. The average Bonchev–Trinajstić information content (AvgIpc) is 2.63. The van der Waals surface area contributed by atoms with E-state index in [0.717, 1.165) is 21.9 Å². The molecule has 3 aromatic rings. The van der Waals surface area contributed by atoms with Gasteiger partial charge in [-0.15, -0.1) is 0 Å². The van der Waals surface area contributed by atoms with Gasteiger partial charge < -0.3 is 4.74 Å². The zero-order chi connectivity index (χ0) is 19.4. The normalized spacial score (nSPS) is 11.8. The lowest BCUT2D eigenvalue weighted by Crippen LogP contribution is -2.19. The molecule has 6 heteroatoms. The first-order chi connectivity index (χ1) is 12.9. The van der Waals surface area contributed by atoms with Gasteiger partial charge in [-0.2, -0.15) is 13.5 Å². The zero-order valence-electron chi connectivity index (χ0n) is 15.6. The molecule has 5 nitrogen and oxygen atoms in total. The van der Waals surface area contributed by atoms with E-state index in [4.69, 9.17) is 4.74 Å². The number of ether oxygens (including phenoxy) is 1. The number of benzene rings is 3. The molecular formula is C21H22N2O3S. The van der Waals surface area contributed by atoms with Crippen LogP contribution in [0.4, 0.5) is 0 Å². The largest absolute Gasteiger partial charge is 0.493 e. The molecule has 0 fully saturated rings. The SMILES string of the molecule is CCOc1ccc2ccccc2c1/C=N/NS(=O)(=O)c1ccc(C)cc1C. The summed E-state index contributed by atoms with van der Waals surface area (Å²) in [5.41, 5.74) is 2.42. The van der Waals surface area contributed by atoms with Gasteiger partial charge in [-0.05, 0) is 49.2 Å². The fraction of sp³-hybridized carbons (Fsp3) is 0.190. The number of hydrazone groups is 1. The molecule has 1 N–H and O–H groups in total. The highest BCUT2D eigenvalue weighted by Gasteiger charge is 2.16. The van der Waals surface area contributed by atoms with Crippen molar-refractivity contribution >= 4 is 27.0 Å². The molecule has 0 radical (unpaired) electrons. The molecule has 0 spiro atoms. The molecule has 0 aromatic heterocycles. The van der Waals surface area contributed by atoms with Crippen molar-refractivity contribution in [2.75, 3.05) is 6.61 Å². The molecule has 0 aliphatic rings. The van der Waals surface area contributed by atoms with Crippen LogP contribution in [0.3, 0.4) is 0 Å². The van der Waals surface area contributed by atoms with Crippen LogP contribution in [0, 0.1) is 13.8 Å². The Morgan fingerprint density at radius 1 is 1.07 bits per heavy atom. The summed E-state index contributed by atoms with van der Waals surface area (Å²) in [5, 5.41) is 5.97. The second-order valence-corrected chi connectivity index (χ2v) is 7.88. The van der Waals surface area contributed by atoms with E-state index in [1.54, 1.807) is 19.1 Å². The summed E-state index contributed by atoms with van der Waals surface area (Å²) in [4.78, 5) is 2.52. The lowest BCUT2D eigenvalue weighted by Gasteiger charge is -2.11. The van der Waals surface area contributed by atoms with E-state index >= 15 is 0 Å². The number of hydrogen-bond donors (Lipinski definition) is 1. The van der Waals surface area contributed by atoms with Crippen molar-refractivity contribution in [3.63, 3.8) is 0 Å². The molecule has 140 valence electrons. The van der Waals surface area contributed by atoms with Gasteiger partial charge >= 0.3 is 0 Å². The quantitative estimate of drug-likeness (QED) is 0.514. The first kappa shape index (κ1) is 18.9. The van der Waals surface area contributed by atoms with E-state index in [0.29, 0.717) is 17.9 Å². The molecule has 0 atom stereocenters. The Bertz CT molecular complexity index is 1110. The molecule has 0 saturated carbocycles. The van der Waals surface area contributed by atoms with Crippen LogP contribution < -0.4 is 9.57 Å². The van der Waals surface area contributed by atoms with Crippen LogP contribution in [0.25, 0.3) is 10.8 Å². The molecule has 0 saturated heterocycles. The number of rotatable bonds is 6. The van der Waals surface area contributed by atoms with Gasteiger partial charge in [0.2, 0.25) is 0 Å². The number of aryl methyl sites for hydroxylation is 2. The summed E-state index contributed by atoms with van der Waals surface area (Å²) in [6, 6.07) is 16.8. The van der Waals surface area contributed by atoms with Crippen molar-refractivity contribution in [3.05, 3.63) is 71.3 Å². The van der Waals surface area contributed by atoms with E-state index in [9.17, 15) is 8.42 Å². The van der Waals surface area contributed by atoms with E-state index in [2.05, 4.69) is 9.93 Å². The molecule has 3 rings (SSSR count). The van der Waals surface area contributed by atoms with Crippen LogP contribution in [-0.2, 0) is 10.0 Å². The van der Waals surface area contributed by atoms with Crippen LogP contribution in [0.2, 0.25) is 0 Å². The molecule has 0 heterocycles. The van der Waals surface area contributed by atoms with Crippen LogP contribution >= 0.6 is 0 Å². The Morgan fingerprint density at radius 2 is 1.85 bits per heavy atom. The highest BCUT2D eigenvalue weighted by molar-refractivity contribution is 7.89. The molecule has 0 aliphatic heterocycles. The summed E-state index contributed by atoms with van der Waals surface area (Å²) in [6.45, 7) is 6.10. The van der Waals surface area contributed by atoms with Crippen LogP contribution in [0.5, 0.6) is 5.75 Å². The Labute approximate surface area is 159 Å². The van der Waals surface area contributed by atoms with E-state index in [1.807, 2.05) is 56.3 Å². The van der Waals surface area contributed by atoms with Crippen molar-refractivity contribution in [3.8, 4) is 5.75 Å². The lowest BCUT2D eigenvalue weighted by atomic mass is 10.0. The maximum absolute atomic E-state index is 12.6. The third kappa shape index (κ3) is 4.11. The zero-order valence-corrected chi connectivity index (χ0v) is 16.4. The standard InChI is InChI=1S/C21H22N2O3S/c1-4-26-20-11-10-17-7-5-6-8-18(17)19(20)14-22-23-27(24,25)21-12-9-15(2)13-16(21)3/h5-14,23H,4H2,1-3H3/b22-14+. The molecule has 0 aliphatic carbocycles. The van der Waals surface area contributed by atoms with Crippen LogP contribution in [0.15, 0.2) is 64.6 Å². The van der Waals surface area contributed by atoms with E-state index in [1.165, 1.54) is 6.21 Å². The van der Waals surface area contributed by atoms with Crippen molar-refractivity contribution < 1.29 is 13.2 Å². The second kappa shape index (κ2) is 7.80. The van der Waals surface area contributed by atoms with Gasteiger partial charge in [0.15, 0.2) is 0 Å². The highest BCUT2D eigenvalue weighted by atomic mass is 32.2. The number of hydrogen-bond acceptors (Lipinski definition) is 4. The van der Waals surface area contributed by atoms with Gasteiger partial charge in [-0.1, -0.05) is 48.0 Å². The Morgan fingerprint density at radius 3 is 2.59 bits per heavy atom. The van der Waals surface area contributed by atoms with Crippen LogP contribution in [-0.4, -0.2) is 21.2 Å². The minimum atomic E-state index is -3.75. The summed E-state index contributed by atoms with van der Waals surface area (Å²) >= 11 is 0. The van der Waals surface area contributed by atoms with Crippen LogP contribution in [0.1, 0.15) is 23.6 Å². The first-order valence-corrected chi connectivity index (χ1v) is 10.2. The predicted molar refractivity (Wildman–Crippen MR) is 109 cm³/mol. The number of sulfonamides is 1. The maximum atomic E-state index is 12.6. The molecule has 0 amide bonds. The summed E-state index contributed by atoms with van der Waals surface area (Å²) < 4.78 is 30.8. The lowest BCUT2D eigenvalue weighted by molar-refractivity contribution is 0.340. The average molecular weight is 382 g/mol. The van der Waals surface area contributed by atoms with Gasteiger partial charge in [0, 0.05) is 5.56 Å². The Hall–Kier alpha value is -2.86. The molecule has 27 heavy (non-hydrogen) atoms. The highest BCUT2D eigenvalue weighted by Crippen LogP contribution is 2.26. The fourth-order valence-corrected chi connectivity index (χ4v) is 4.02. The van der Waals surface area contributed by atoms with Crippen molar-refractivity contribution in [2.24, 2.45) is 5.10 Å². The van der Waals surface area contributed by atoms with Gasteiger partial charge in [0.05, 0.1) is 17.7 Å². The third-order valence-electron chi connectivity index (χ3n) is 4.22. The summed E-state index contributed by atoms with van der Waals surface area (Å²) in [6.07, 6.45) is 1.49. The summed E-state index contributed by atoms with van der Waals surface area (Å²) in [5.74, 6) is 0.658. The van der Waals surface area contributed by atoms with Crippen molar-refractivity contribution in [1.29, 1.82) is 0 Å². The minimum Gasteiger partial charge on any atom is -0.493 e. The number of nitrogens with one attached hydrogen (secondary N) is 1. The van der Waals surface area contributed by atoms with E-state index < -0.39 is 10.0 Å². The van der Waals surface area contributed by atoms with Crippen molar-refractivity contribution in [2.45, 2.75) is 25.7 Å². The van der Waals surface area contributed by atoms with Gasteiger partial charge in [0.25, 0.3) is 10.0 Å². The van der Waals surface area contributed by atoms with Gasteiger partial charge in [0.1, 0.15) is 5.75 Å². The molecular weight excluding hydrogens is 360 g/mol. The monoisotopic (exact) mass is 382 g/mol. The molecule has 0 bridgehead atoms. The Kier molecular flexibility index (Phi) is 5.46. The first-order valence-electron chi connectivity index (χ1n) is 8.69. The third-order valence-corrected chi connectivity index (χ3v) is 5.60. The maximum Gasteiger partial charge on any atom is 0.276 e. The fourth-order valence-electron chi connectivity index (χ4n) is 3.00. The smallest absolute Gasteiger partial charge is 0.276 e. The van der Waals surface area contributed by atoms with Crippen molar-refractivity contribution in [1.82, 2.24) is 4.83 Å². The Balaban J connectivity index is 1.95. The topological polar surface area (TPSA) is 67.8 Å². The molecule has 0 unspecified atom stereocenters. The molecule has 3 aromatic carbocycles. The van der Waals surface area contributed by atoms with Gasteiger partial charge in [-0.25, -0.2) is 4.83 Å². The van der Waals surface area contributed by atoms with Gasteiger partial charge in [-0.3, -0.25) is 0 Å². The number of fused-ring (bicyclic) bond motifs is 1. The number of nitrogens with zero attached hydrogens (tertiary/aromatic N) is 1.